The van der Waals surface area contributed by atoms with Crippen molar-refractivity contribution in [2.75, 3.05) is 6.54 Å². The molecule has 2 unspecified atom stereocenters. The summed E-state index contributed by atoms with van der Waals surface area (Å²) in [6, 6.07) is 15.4. The van der Waals surface area contributed by atoms with E-state index in [-0.39, 0.29) is 16.8 Å². The van der Waals surface area contributed by atoms with E-state index in [0.717, 1.165) is 17.0 Å². The summed E-state index contributed by atoms with van der Waals surface area (Å²) in [7, 11) is 0. The number of piperidine rings is 1. The van der Waals surface area contributed by atoms with Gasteiger partial charge >= 0.3 is 0 Å². The number of hydrogen-bond donors (Lipinski definition) is 1. The second-order valence-electron chi connectivity index (χ2n) is 7.86. The maximum absolute atomic E-state index is 12.4. The molecule has 0 radical (unpaired) electrons. The van der Waals surface area contributed by atoms with Crippen molar-refractivity contribution in [3.63, 3.8) is 0 Å². The lowest BCUT2D eigenvalue weighted by atomic mass is 10.0. The second-order valence-corrected chi connectivity index (χ2v) is 9.27. The molecule has 7 heteroatoms. The molecule has 1 heterocycles. The maximum Gasteiger partial charge on any atom is 0.269 e. The zero-order valence-electron chi connectivity index (χ0n) is 17.5. The topological polar surface area (TPSA) is 75.5 Å². The lowest BCUT2D eigenvalue weighted by Gasteiger charge is -2.33. The fourth-order valence-electron chi connectivity index (χ4n) is 3.63. The molecule has 2 aromatic carbocycles. The standard InChI is InChI=1S/C23H29N3O3S/c1-17-5-3-4-14-25(17)16-20-8-6-19(7-9-20)15-24-23(27)18(2)30-22-12-10-21(11-13-22)26(28)29/h6-13,17-18H,3-5,14-16H2,1-2H3,(H,24,27). The smallest absolute Gasteiger partial charge is 0.269 e. The lowest BCUT2D eigenvalue weighted by molar-refractivity contribution is -0.384. The Hall–Kier alpha value is -2.38. The van der Waals surface area contributed by atoms with E-state index in [1.54, 1.807) is 12.1 Å². The SMILES string of the molecule is CC(Sc1ccc([N+](=O)[O-])cc1)C(=O)NCc1ccc(CN2CCCCC2C)cc1. The zero-order valence-corrected chi connectivity index (χ0v) is 18.4. The Morgan fingerprint density at radius 2 is 1.83 bits per heavy atom. The summed E-state index contributed by atoms with van der Waals surface area (Å²) < 4.78 is 0. The van der Waals surface area contributed by atoms with Crippen LogP contribution in [0.25, 0.3) is 0 Å². The predicted octanol–water partition coefficient (Wildman–Crippen LogP) is 4.77. The van der Waals surface area contributed by atoms with Crippen LogP contribution in [0.2, 0.25) is 0 Å². The number of carbonyl (C=O) groups excluding carboxylic acids is 1. The van der Waals surface area contributed by atoms with Crippen LogP contribution in [0.4, 0.5) is 5.69 Å². The van der Waals surface area contributed by atoms with Crippen LogP contribution in [0.1, 0.15) is 44.2 Å². The molecule has 1 saturated heterocycles. The minimum absolute atomic E-state index is 0.0506. The number of nitrogens with zero attached hydrogens (tertiary/aromatic N) is 2. The molecule has 2 atom stereocenters. The van der Waals surface area contributed by atoms with Crippen LogP contribution in [0.15, 0.2) is 53.4 Å². The van der Waals surface area contributed by atoms with Crippen molar-refractivity contribution in [3.8, 4) is 0 Å². The first-order chi connectivity index (χ1) is 14.4. The molecule has 0 saturated carbocycles. The van der Waals surface area contributed by atoms with E-state index in [1.807, 2.05) is 6.92 Å². The highest BCUT2D eigenvalue weighted by atomic mass is 32.2. The van der Waals surface area contributed by atoms with Crippen LogP contribution >= 0.6 is 11.8 Å². The molecule has 0 bridgehead atoms. The van der Waals surface area contributed by atoms with Gasteiger partial charge in [-0.25, -0.2) is 0 Å². The number of non-ortho nitro benzene ring substituents is 1. The number of thioether (sulfide) groups is 1. The van der Waals surface area contributed by atoms with Gasteiger partial charge in [0.15, 0.2) is 0 Å². The Bertz CT molecular complexity index is 855. The molecular formula is C23H29N3O3S. The fraction of sp³-hybridized carbons (Fsp3) is 0.435. The van der Waals surface area contributed by atoms with Crippen molar-refractivity contribution in [2.24, 2.45) is 0 Å². The molecule has 1 aliphatic rings. The number of nitro benzene ring substituents is 1. The third kappa shape index (κ3) is 6.31. The molecule has 6 nitrogen and oxygen atoms in total. The van der Waals surface area contributed by atoms with Crippen molar-refractivity contribution in [2.45, 2.75) is 62.4 Å². The third-order valence-electron chi connectivity index (χ3n) is 5.55. The average molecular weight is 428 g/mol. The molecule has 30 heavy (non-hydrogen) atoms. The Kier molecular flexibility index (Phi) is 7.87. The summed E-state index contributed by atoms with van der Waals surface area (Å²) in [4.78, 5) is 26.1. The number of likely N-dealkylation sites (tertiary alicyclic amines) is 1. The Balaban J connectivity index is 1.46. The summed E-state index contributed by atoms with van der Waals surface area (Å²) in [5.74, 6) is -0.0513. The number of hydrogen-bond acceptors (Lipinski definition) is 5. The van der Waals surface area contributed by atoms with Gasteiger partial charge in [0.2, 0.25) is 5.91 Å². The van der Waals surface area contributed by atoms with Gasteiger partial charge in [-0.15, -0.1) is 11.8 Å². The van der Waals surface area contributed by atoms with Crippen molar-refractivity contribution < 1.29 is 9.72 Å². The van der Waals surface area contributed by atoms with Crippen molar-refractivity contribution in [3.05, 3.63) is 69.8 Å². The minimum Gasteiger partial charge on any atom is -0.351 e. The number of rotatable bonds is 8. The quantitative estimate of drug-likeness (QED) is 0.373. The van der Waals surface area contributed by atoms with Crippen LogP contribution in [0, 0.1) is 10.1 Å². The highest BCUT2D eigenvalue weighted by Gasteiger charge is 2.18. The molecule has 3 rings (SSSR count). The Morgan fingerprint density at radius 3 is 2.47 bits per heavy atom. The molecule has 2 aromatic rings. The van der Waals surface area contributed by atoms with Crippen LogP contribution in [-0.2, 0) is 17.9 Å². The summed E-state index contributed by atoms with van der Waals surface area (Å²) >= 11 is 1.39. The van der Waals surface area contributed by atoms with Gasteiger partial charge in [-0.05, 0) is 56.5 Å². The van der Waals surface area contributed by atoms with Crippen molar-refractivity contribution >= 4 is 23.4 Å². The van der Waals surface area contributed by atoms with E-state index >= 15 is 0 Å². The van der Waals surface area contributed by atoms with Gasteiger partial charge in [-0.2, -0.15) is 0 Å². The third-order valence-corrected chi connectivity index (χ3v) is 6.66. The molecule has 0 aromatic heterocycles. The van der Waals surface area contributed by atoms with Gasteiger partial charge < -0.3 is 5.32 Å². The fourth-order valence-corrected chi connectivity index (χ4v) is 4.52. The summed E-state index contributed by atoms with van der Waals surface area (Å²) in [6.07, 6.45) is 3.89. The van der Waals surface area contributed by atoms with E-state index < -0.39 is 4.92 Å². The Labute approximate surface area is 182 Å². The number of carbonyl (C=O) groups is 1. The summed E-state index contributed by atoms with van der Waals surface area (Å²) in [5.41, 5.74) is 2.43. The second kappa shape index (κ2) is 10.6. The first kappa shape index (κ1) is 22.3. The first-order valence-corrected chi connectivity index (χ1v) is 11.3. The normalized spacial score (nSPS) is 18.0. The monoisotopic (exact) mass is 427 g/mol. The molecule has 0 aliphatic carbocycles. The summed E-state index contributed by atoms with van der Waals surface area (Å²) in [5, 5.41) is 13.4. The number of amides is 1. The molecule has 160 valence electrons. The lowest BCUT2D eigenvalue weighted by Crippen LogP contribution is -2.36. The van der Waals surface area contributed by atoms with Gasteiger partial charge in [0.05, 0.1) is 10.2 Å². The van der Waals surface area contributed by atoms with E-state index in [2.05, 4.69) is 41.4 Å². The highest BCUT2D eigenvalue weighted by molar-refractivity contribution is 8.00. The molecule has 0 spiro atoms. The summed E-state index contributed by atoms with van der Waals surface area (Å²) in [6.45, 7) is 6.79. The van der Waals surface area contributed by atoms with E-state index in [4.69, 9.17) is 0 Å². The van der Waals surface area contributed by atoms with Crippen LogP contribution in [0.5, 0.6) is 0 Å². The molecule has 1 aliphatic heterocycles. The van der Waals surface area contributed by atoms with E-state index in [9.17, 15) is 14.9 Å². The van der Waals surface area contributed by atoms with Crippen LogP contribution < -0.4 is 5.32 Å². The maximum atomic E-state index is 12.4. The number of benzene rings is 2. The predicted molar refractivity (Wildman–Crippen MR) is 120 cm³/mol. The first-order valence-electron chi connectivity index (χ1n) is 10.4. The van der Waals surface area contributed by atoms with E-state index in [0.29, 0.717) is 12.6 Å². The van der Waals surface area contributed by atoms with Crippen LogP contribution in [0.3, 0.4) is 0 Å². The Morgan fingerprint density at radius 1 is 1.17 bits per heavy atom. The number of nitro groups is 1. The highest BCUT2D eigenvalue weighted by Crippen LogP contribution is 2.25. The van der Waals surface area contributed by atoms with E-state index in [1.165, 1.54) is 55.3 Å². The van der Waals surface area contributed by atoms with Gasteiger partial charge in [-0.3, -0.25) is 19.8 Å². The van der Waals surface area contributed by atoms with Gasteiger partial charge in [0.25, 0.3) is 5.69 Å². The molecule has 1 N–H and O–H groups in total. The van der Waals surface area contributed by atoms with Gasteiger partial charge in [0.1, 0.15) is 0 Å². The van der Waals surface area contributed by atoms with Gasteiger partial charge in [0, 0.05) is 36.2 Å². The van der Waals surface area contributed by atoms with Crippen molar-refractivity contribution in [1.29, 1.82) is 0 Å². The minimum atomic E-state index is -0.428. The molecular weight excluding hydrogens is 398 g/mol. The molecule has 1 fully saturated rings. The molecule has 1 amide bonds. The largest absolute Gasteiger partial charge is 0.351 e. The number of nitrogens with one attached hydrogen (secondary N) is 1. The van der Waals surface area contributed by atoms with Crippen LogP contribution in [-0.4, -0.2) is 33.6 Å². The van der Waals surface area contributed by atoms with Crippen molar-refractivity contribution in [1.82, 2.24) is 10.2 Å². The van der Waals surface area contributed by atoms with Gasteiger partial charge in [-0.1, -0.05) is 30.7 Å². The average Bonchev–Trinajstić information content (AvgIpc) is 2.75. The zero-order chi connectivity index (χ0) is 21.5.